The van der Waals surface area contributed by atoms with Gasteiger partial charge in [-0.1, -0.05) is 67.7 Å². The van der Waals surface area contributed by atoms with E-state index in [4.69, 9.17) is 0 Å². The van der Waals surface area contributed by atoms with Crippen LogP contribution in [0.2, 0.25) is 19.6 Å². The molecule has 0 amide bonds. The molecule has 0 saturated carbocycles. The van der Waals surface area contributed by atoms with Gasteiger partial charge < -0.3 is 0 Å². The Labute approximate surface area is 152 Å². The Morgan fingerprint density at radius 3 is 1.92 bits per heavy atom. The van der Waals surface area contributed by atoms with E-state index in [1.807, 2.05) is 63.2 Å². The van der Waals surface area contributed by atoms with Crippen LogP contribution in [0.5, 0.6) is 0 Å². The maximum absolute atomic E-state index is 13.5. The summed E-state index contributed by atoms with van der Waals surface area (Å²) in [7, 11) is -5.18. The molecule has 1 aliphatic rings. The second kappa shape index (κ2) is 6.08. The summed E-state index contributed by atoms with van der Waals surface area (Å²) in [5, 5.41) is 0. The molecule has 3 rings (SSSR count). The first kappa shape index (κ1) is 18.4. The quantitative estimate of drug-likeness (QED) is 0.580. The third-order valence-corrected chi connectivity index (χ3v) is 9.65. The first-order valence-corrected chi connectivity index (χ1v) is 13.7. The normalized spacial score (nSPS) is 23.5. The topological polar surface area (TPSA) is 37.1 Å². The maximum Gasteiger partial charge on any atom is 0.244 e. The van der Waals surface area contributed by atoms with Gasteiger partial charge >= 0.3 is 0 Å². The predicted molar refractivity (Wildman–Crippen MR) is 106 cm³/mol. The molecule has 134 valence electrons. The summed E-state index contributed by atoms with van der Waals surface area (Å²) in [5.74, 6) is 0. The van der Waals surface area contributed by atoms with Crippen LogP contribution in [0.15, 0.2) is 47.4 Å². The lowest BCUT2D eigenvalue weighted by Gasteiger charge is -2.17. The zero-order valence-electron chi connectivity index (χ0n) is 15.9. The minimum Gasteiger partial charge on any atom is -0.207 e. The Kier molecular flexibility index (Phi) is 4.46. The highest BCUT2D eigenvalue weighted by Gasteiger charge is 2.61. The van der Waals surface area contributed by atoms with E-state index in [1.54, 1.807) is 4.31 Å². The molecule has 25 heavy (non-hydrogen) atoms. The molecule has 0 radical (unpaired) electrons. The Morgan fingerprint density at radius 2 is 1.44 bits per heavy atom. The molecule has 2 aromatic carbocycles. The van der Waals surface area contributed by atoms with Crippen LogP contribution >= 0.6 is 0 Å². The first-order valence-electron chi connectivity index (χ1n) is 8.71. The average Bonchev–Trinajstić information content (AvgIpc) is 3.23. The molecule has 0 spiro atoms. The van der Waals surface area contributed by atoms with Crippen molar-refractivity contribution in [2.45, 2.75) is 57.0 Å². The Morgan fingerprint density at radius 1 is 0.920 bits per heavy atom. The van der Waals surface area contributed by atoms with Crippen molar-refractivity contribution in [1.82, 2.24) is 4.31 Å². The van der Waals surface area contributed by atoms with Gasteiger partial charge in [-0.15, -0.1) is 0 Å². The predicted octanol–water partition coefficient (Wildman–Crippen LogP) is 4.60. The van der Waals surface area contributed by atoms with Crippen LogP contribution in [0.1, 0.15) is 28.3 Å². The summed E-state index contributed by atoms with van der Waals surface area (Å²) in [6.07, 6.45) is 0. The third kappa shape index (κ3) is 3.21. The van der Waals surface area contributed by atoms with Gasteiger partial charge in [0.25, 0.3) is 0 Å². The SMILES string of the molecule is Cc1cc(C)c(S(=O)(=O)N2[C@H]([Si](C)(C)C)[C@@H]2c2ccccc2)c(C)c1. The van der Waals surface area contributed by atoms with Gasteiger partial charge in [0.1, 0.15) is 0 Å². The Bertz CT molecular complexity index is 878. The van der Waals surface area contributed by atoms with Gasteiger partial charge in [0, 0.05) is 5.67 Å². The van der Waals surface area contributed by atoms with Crippen LogP contribution in [0.25, 0.3) is 0 Å². The van der Waals surface area contributed by atoms with Gasteiger partial charge in [0.15, 0.2) is 0 Å². The molecule has 0 aliphatic carbocycles. The summed E-state index contributed by atoms with van der Waals surface area (Å²) in [6.45, 7) is 12.5. The lowest BCUT2D eigenvalue weighted by molar-refractivity contribution is 0.550. The van der Waals surface area contributed by atoms with E-state index < -0.39 is 18.1 Å². The van der Waals surface area contributed by atoms with Crippen molar-refractivity contribution in [3.05, 3.63) is 64.7 Å². The summed E-state index contributed by atoms with van der Waals surface area (Å²) in [4.78, 5) is 0.486. The van der Waals surface area contributed by atoms with E-state index in [2.05, 4.69) is 19.6 Å². The summed E-state index contributed by atoms with van der Waals surface area (Å²) >= 11 is 0. The van der Waals surface area contributed by atoms with E-state index in [1.165, 1.54) is 0 Å². The van der Waals surface area contributed by atoms with Crippen LogP contribution in [-0.4, -0.2) is 26.5 Å². The van der Waals surface area contributed by atoms with Crippen molar-refractivity contribution in [2.24, 2.45) is 0 Å². The van der Waals surface area contributed by atoms with Crippen molar-refractivity contribution >= 4 is 18.1 Å². The molecule has 1 saturated heterocycles. The number of nitrogens with zero attached hydrogens (tertiary/aromatic N) is 1. The molecule has 0 bridgehead atoms. The largest absolute Gasteiger partial charge is 0.244 e. The molecule has 3 nitrogen and oxygen atoms in total. The number of aryl methyl sites for hydroxylation is 3. The van der Waals surface area contributed by atoms with Gasteiger partial charge in [0.2, 0.25) is 10.0 Å². The molecule has 0 N–H and O–H groups in total. The summed E-state index contributed by atoms with van der Waals surface area (Å²) < 4.78 is 28.8. The molecule has 1 fully saturated rings. The van der Waals surface area contributed by atoms with E-state index in [0.29, 0.717) is 4.90 Å². The fourth-order valence-corrected chi connectivity index (χ4v) is 9.67. The zero-order valence-corrected chi connectivity index (χ0v) is 17.7. The van der Waals surface area contributed by atoms with Gasteiger partial charge in [-0.05, 0) is 37.5 Å². The van der Waals surface area contributed by atoms with Gasteiger partial charge in [-0.2, -0.15) is 4.31 Å². The van der Waals surface area contributed by atoms with Gasteiger partial charge in [-0.25, -0.2) is 8.42 Å². The lowest BCUT2D eigenvalue weighted by Crippen LogP contribution is -2.33. The van der Waals surface area contributed by atoms with Crippen molar-refractivity contribution < 1.29 is 8.42 Å². The molecule has 3 atom stereocenters. The minimum absolute atomic E-state index is 0.0297. The monoisotopic (exact) mass is 373 g/mol. The standard InChI is InChI=1S/C20H27NO2SSi/c1-14-12-15(2)19(16(3)13-14)24(22,23)21-18(20(21)25(4,5)6)17-10-8-7-9-11-17/h7-13,18,20H,1-6H3/t18-,20+,21?/m0/s1. The lowest BCUT2D eigenvalue weighted by atomic mass is 10.1. The Balaban J connectivity index is 2.11. The second-order valence-electron chi connectivity index (χ2n) is 8.23. The number of benzene rings is 2. The van der Waals surface area contributed by atoms with Crippen LogP contribution in [0.4, 0.5) is 0 Å². The van der Waals surface area contributed by atoms with Crippen molar-refractivity contribution in [1.29, 1.82) is 0 Å². The molecular weight excluding hydrogens is 346 g/mol. The van der Waals surface area contributed by atoms with E-state index in [9.17, 15) is 8.42 Å². The highest BCUT2D eigenvalue weighted by atomic mass is 32.2. The zero-order chi connectivity index (χ0) is 18.6. The van der Waals surface area contributed by atoms with E-state index in [-0.39, 0.29) is 11.7 Å². The molecule has 1 aliphatic heterocycles. The molecule has 1 heterocycles. The molecule has 5 heteroatoms. The smallest absolute Gasteiger partial charge is 0.207 e. The van der Waals surface area contributed by atoms with E-state index in [0.717, 1.165) is 22.3 Å². The fraction of sp³-hybridized carbons (Fsp3) is 0.400. The highest BCUT2D eigenvalue weighted by molar-refractivity contribution is 7.89. The molecular formula is C20H27NO2SSi. The number of rotatable bonds is 4. The van der Waals surface area contributed by atoms with Crippen molar-refractivity contribution in [3.8, 4) is 0 Å². The van der Waals surface area contributed by atoms with Crippen LogP contribution in [0.3, 0.4) is 0 Å². The Hall–Kier alpha value is -1.43. The fourth-order valence-electron chi connectivity index (χ4n) is 4.02. The van der Waals surface area contributed by atoms with Gasteiger partial charge in [0.05, 0.1) is 19.0 Å². The molecule has 0 aromatic heterocycles. The minimum atomic E-state index is -3.51. The summed E-state index contributed by atoms with van der Waals surface area (Å²) in [5.41, 5.74) is 3.98. The van der Waals surface area contributed by atoms with Crippen LogP contribution in [0, 0.1) is 20.8 Å². The second-order valence-corrected chi connectivity index (χ2v) is 15.3. The molecule has 2 aromatic rings. The number of sulfonamides is 1. The van der Waals surface area contributed by atoms with Crippen LogP contribution in [-0.2, 0) is 10.0 Å². The maximum atomic E-state index is 13.5. The van der Waals surface area contributed by atoms with E-state index >= 15 is 0 Å². The number of hydrogen-bond acceptors (Lipinski definition) is 2. The van der Waals surface area contributed by atoms with Crippen molar-refractivity contribution in [3.63, 3.8) is 0 Å². The highest BCUT2D eigenvalue weighted by Crippen LogP contribution is 2.52. The van der Waals surface area contributed by atoms with Crippen LogP contribution < -0.4 is 0 Å². The van der Waals surface area contributed by atoms with Crippen molar-refractivity contribution in [2.75, 3.05) is 0 Å². The number of hydrogen-bond donors (Lipinski definition) is 0. The van der Waals surface area contributed by atoms with Gasteiger partial charge in [-0.3, -0.25) is 0 Å². The molecule has 1 unspecified atom stereocenters. The average molecular weight is 374 g/mol. The third-order valence-electron chi connectivity index (χ3n) is 4.93. The first-order chi connectivity index (χ1) is 11.5. The summed E-state index contributed by atoms with van der Waals surface area (Å²) in [6, 6.07) is 13.9.